The summed E-state index contributed by atoms with van der Waals surface area (Å²) >= 11 is 5.83. The summed E-state index contributed by atoms with van der Waals surface area (Å²) in [7, 11) is 0. The molecule has 1 heterocycles. The Morgan fingerprint density at radius 1 is 1.20 bits per heavy atom. The Labute approximate surface area is 151 Å². The Hall–Kier alpha value is -2.11. The van der Waals surface area contributed by atoms with E-state index in [2.05, 4.69) is 0 Å². The van der Waals surface area contributed by atoms with Gasteiger partial charge in [-0.2, -0.15) is 0 Å². The van der Waals surface area contributed by atoms with Crippen LogP contribution in [-0.2, 0) is 9.53 Å². The number of nitrogens with zero attached hydrogens (tertiary/aromatic N) is 1. The zero-order chi connectivity index (χ0) is 17.8. The van der Waals surface area contributed by atoms with E-state index < -0.39 is 0 Å². The van der Waals surface area contributed by atoms with Crippen molar-refractivity contribution in [2.45, 2.75) is 19.1 Å². The van der Waals surface area contributed by atoms with Crippen LogP contribution >= 0.6 is 11.6 Å². The lowest BCUT2D eigenvalue weighted by molar-refractivity contribution is -0.146. The van der Waals surface area contributed by atoms with E-state index in [0.717, 1.165) is 5.56 Å². The van der Waals surface area contributed by atoms with Gasteiger partial charge in [0.1, 0.15) is 17.7 Å². The molecular weight excluding hydrogens is 345 g/mol. The van der Waals surface area contributed by atoms with Gasteiger partial charge in [0.2, 0.25) is 0 Å². The van der Waals surface area contributed by atoms with Gasteiger partial charge in [-0.05, 0) is 48.9 Å². The predicted octanol–water partition coefficient (Wildman–Crippen LogP) is 3.85. The summed E-state index contributed by atoms with van der Waals surface area (Å²) < 4.78 is 24.5. The van der Waals surface area contributed by atoms with Crippen molar-refractivity contribution in [3.63, 3.8) is 0 Å². The molecule has 0 radical (unpaired) electrons. The largest absolute Gasteiger partial charge is 0.484 e. The molecule has 4 nitrogen and oxygen atoms in total. The summed E-state index contributed by atoms with van der Waals surface area (Å²) in [5.41, 5.74) is 0.851. The monoisotopic (exact) mass is 363 g/mol. The van der Waals surface area contributed by atoms with Crippen LogP contribution in [0.2, 0.25) is 5.02 Å². The van der Waals surface area contributed by atoms with Gasteiger partial charge in [-0.3, -0.25) is 4.79 Å². The highest BCUT2D eigenvalue weighted by atomic mass is 35.5. The van der Waals surface area contributed by atoms with Crippen molar-refractivity contribution in [3.8, 4) is 5.75 Å². The summed E-state index contributed by atoms with van der Waals surface area (Å²) in [5.74, 6) is 0.184. The van der Waals surface area contributed by atoms with E-state index in [1.54, 1.807) is 41.3 Å². The van der Waals surface area contributed by atoms with Crippen molar-refractivity contribution in [1.29, 1.82) is 0 Å². The average molecular weight is 364 g/mol. The molecule has 0 N–H and O–H groups in total. The SMILES string of the molecule is CC1CN(C(=O)COc2ccc(Cl)cc2)CC(c2ccc(F)cc2)O1. The molecule has 3 rings (SSSR count). The van der Waals surface area contributed by atoms with Gasteiger partial charge in [0.25, 0.3) is 5.91 Å². The number of morpholine rings is 1. The maximum Gasteiger partial charge on any atom is 0.260 e. The molecule has 1 aliphatic heterocycles. The van der Waals surface area contributed by atoms with Crippen LogP contribution in [0.1, 0.15) is 18.6 Å². The van der Waals surface area contributed by atoms with Gasteiger partial charge in [0, 0.05) is 11.6 Å². The molecule has 0 bridgehead atoms. The summed E-state index contributed by atoms with van der Waals surface area (Å²) in [5, 5.41) is 0.614. The minimum Gasteiger partial charge on any atom is -0.484 e. The van der Waals surface area contributed by atoms with E-state index in [0.29, 0.717) is 23.9 Å². The minimum absolute atomic E-state index is 0.0511. The first kappa shape index (κ1) is 17.7. The maximum absolute atomic E-state index is 13.1. The number of carbonyl (C=O) groups excluding carboxylic acids is 1. The molecule has 2 atom stereocenters. The molecule has 1 saturated heterocycles. The van der Waals surface area contributed by atoms with Crippen LogP contribution in [0, 0.1) is 5.82 Å². The molecule has 6 heteroatoms. The highest BCUT2D eigenvalue weighted by molar-refractivity contribution is 6.30. The molecule has 0 aromatic heterocycles. The summed E-state index contributed by atoms with van der Waals surface area (Å²) in [6, 6.07) is 13.0. The maximum atomic E-state index is 13.1. The highest BCUT2D eigenvalue weighted by Gasteiger charge is 2.29. The van der Waals surface area contributed by atoms with Gasteiger partial charge >= 0.3 is 0 Å². The lowest BCUT2D eigenvalue weighted by Crippen LogP contribution is -2.47. The average Bonchev–Trinajstić information content (AvgIpc) is 2.61. The Kier molecular flexibility index (Phi) is 5.56. The van der Waals surface area contributed by atoms with Gasteiger partial charge in [0.15, 0.2) is 6.61 Å². The van der Waals surface area contributed by atoms with Crippen molar-refractivity contribution in [3.05, 3.63) is 64.9 Å². The fourth-order valence-corrected chi connectivity index (χ4v) is 2.91. The molecule has 0 aliphatic carbocycles. The van der Waals surface area contributed by atoms with Gasteiger partial charge in [-0.25, -0.2) is 4.39 Å². The van der Waals surface area contributed by atoms with Gasteiger partial charge in [0.05, 0.1) is 12.6 Å². The van der Waals surface area contributed by atoms with Crippen LogP contribution in [0.4, 0.5) is 4.39 Å². The minimum atomic E-state index is -0.295. The number of benzene rings is 2. The fraction of sp³-hybridized carbons (Fsp3) is 0.316. The van der Waals surface area contributed by atoms with E-state index in [-0.39, 0.29) is 30.5 Å². The third-order valence-corrected chi connectivity index (χ3v) is 4.28. The smallest absolute Gasteiger partial charge is 0.260 e. The van der Waals surface area contributed by atoms with Crippen LogP contribution in [0.3, 0.4) is 0 Å². The summed E-state index contributed by atoms with van der Waals surface area (Å²) in [4.78, 5) is 14.2. The molecular formula is C19H19ClFNO3. The topological polar surface area (TPSA) is 38.8 Å². The third-order valence-electron chi connectivity index (χ3n) is 4.03. The fourth-order valence-electron chi connectivity index (χ4n) is 2.78. The first-order valence-electron chi connectivity index (χ1n) is 8.08. The van der Waals surface area contributed by atoms with Crippen molar-refractivity contribution in [2.24, 2.45) is 0 Å². The predicted molar refractivity (Wildman–Crippen MR) is 93.2 cm³/mol. The van der Waals surface area contributed by atoms with Crippen molar-refractivity contribution >= 4 is 17.5 Å². The van der Waals surface area contributed by atoms with Crippen molar-refractivity contribution in [2.75, 3.05) is 19.7 Å². The van der Waals surface area contributed by atoms with Crippen LogP contribution < -0.4 is 4.74 Å². The Morgan fingerprint density at radius 3 is 2.56 bits per heavy atom. The second-order valence-electron chi connectivity index (χ2n) is 6.03. The number of amides is 1. The molecule has 1 aliphatic rings. The van der Waals surface area contributed by atoms with E-state index >= 15 is 0 Å². The van der Waals surface area contributed by atoms with E-state index in [1.165, 1.54) is 12.1 Å². The lowest BCUT2D eigenvalue weighted by Gasteiger charge is -2.37. The number of halogens is 2. The van der Waals surface area contributed by atoms with Crippen LogP contribution in [-0.4, -0.2) is 36.6 Å². The first-order valence-corrected chi connectivity index (χ1v) is 8.46. The Bertz CT molecular complexity index is 720. The zero-order valence-corrected chi connectivity index (χ0v) is 14.6. The summed E-state index contributed by atoms with van der Waals surface area (Å²) in [6.45, 7) is 2.78. The number of ether oxygens (including phenoxy) is 2. The first-order chi connectivity index (χ1) is 12.0. The quantitative estimate of drug-likeness (QED) is 0.828. The molecule has 1 fully saturated rings. The number of hydrogen-bond donors (Lipinski definition) is 0. The Balaban J connectivity index is 1.61. The van der Waals surface area contributed by atoms with E-state index in [1.807, 2.05) is 6.92 Å². The molecule has 1 amide bonds. The number of carbonyl (C=O) groups is 1. The molecule has 0 saturated carbocycles. The van der Waals surface area contributed by atoms with Crippen LogP contribution in [0.25, 0.3) is 0 Å². The second-order valence-corrected chi connectivity index (χ2v) is 6.46. The molecule has 132 valence electrons. The van der Waals surface area contributed by atoms with Gasteiger partial charge < -0.3 is 14.4 Å². The molecule has 2 aromatic rings. The van der Waals surface area contributed by atoms with E-state index in [9.17, 15) is 9.18 Å². The van der Waals surface area contributed by atoms with Crippen molar-refractivity contribution in [1.82, 2.24) is 4.90 Å². The van der Waals surface area contributed by atoms with Gasteiger partial charge in [-0.15, -0.1) is 0 Å². The normalized spacial score (nSPS) is 20.4. The molecule has 2 aromatic carbocycles. The third kappa shape index (κ3) is 4.71. The van der Waals surface area contributed by atoms with Crippen molar-refractivity contribution < 1.29 is 18.7 Å². The zero-order valence-electron chi connectivity index (χ0n) is 13.8. The van der Waals surface area contributed by atoms with Gasteiger partial charge in [-0.1, -0.05) is 23.7 Å². The molecule has 0 spiro atoms. The summed E-state index contributed by atoms with van der Waals surface area (Å²) in [6.07, 6.45) is -0.382. The highest BCUT2D eigenvalue weighted by Crippen LogP contribution is 2.25. The lowest BCUT2D eigenvalue weighted by atomic mass is 10.1. The molecule has 25 heavy (non-hydrogen) atoms. The van der Waals surface area contributed by atoms with Crippen LogP contribution in [0.5, 0.6) is 5.75 Å². The second kappa shape index (κ2) is 7.85. The molecule has 2 unspecified atom stereocenters. The number of rotatable bonds is 4. The van der Waals surface area contributed by atoms with Crippen LogP contribution in [0.15, 0.2) is 48.5 Å². The number of hydrogen-bond acceptors (Lipinski definition) is 3. The Morgan fingerprint density at radius 2 is 1.88 bits per heavy atom. The van der Waals surface area contributed by atoms with E-state index in [4.69, 9.17) is 21.1 Å². The standard InChI is InChI=1S/C19H19ClFNO3/c1-13-10-22(11-18(25-13)14-2-6-16(21)7-3-14)19(23)12-24-17-8-4-15(20)5-9-17/h2-9,13,18H,10-12H2,1H3.